The molecule has 0 N–H and O–H groups in total. The number of carbonyl (C=O) groups is 2. The smallest absolute Gasteiger partial charge is 0.293 e. The normalized spacial score (nSPS) is 10.6. The Morgan fingerprint density at radius 2 is 1.92 bits per heavy atom. The summed E-state index contributed by atoms with van der Waals surface area (Å²) in [6.07, 6.45) is 2.43. The van der Waals surface area contributed by atoms with Crippen LogP contribution in [0.5, 0.6) is 0 Å². The summed E-state index contributed by atoms with van der Waals surface area (Å²) in [6, 6.07) is 0. The topological polar surface area (TPSA) is 52.6 Å². The van der Waals surface area contributed by atoms with Gasteiger partial charge in [0.2, 0.25) is 0 Å². The number of ether oxygens (including phenoxy) is 2. The van der Waals surface area contributed by atoms with Crippen molar-refractivity contribution in [2.75, 3.05) is 13.2 Å². The van der Waals surface area contributed by atoms with E-state index in [1.54, 1.807) is 6.08 Å². The molecule has 0 atom stereocenters. The fourth-order valence-electron chi connectivity index (χ4n) is 0.600. The summed E-state index contributed by atoms with van der Waals surface area (Å²) in [4.78, 5) is 19.5. The zero-order valence-corrected chi connectivity index (χ0v) is 6.99. The molecule has 0 radical (unpaired) electrons. The fourth-order valence-corrected chi connectivity index (χ4v) is 0.600. The summed E-state index contributed by atoms with van der Waals surface area (Å²) in [5.74, 6) is 0. The second-order valence-corrected chi connectivity index (χ2v) is 2.20. The largest absolute Gasteiger partial charge is 0.468 e. The number of hydrogen-bond donors (Lipinski definition) is 0. The van der Waals surface area contributed by atoms with E-state index in [1.165, 1.54) is 0 Å². The van der Waals surface area contributed by atoms with Gasteiger partial charge in [0.25, 0.3) is 12.9 Å². The zero-order chi connectivity index (χ0) is 9.23. The molecule has 68 valence electrons. The molecule has 0 rings (SSSR count). The van der Waals surface area contributed by atoms with Crippen LogP contribution in [0.3, 0.4) is 0 Å². The van der Waals surface area contributed by atoms with Crippen LogP contribution >= 0.6 is 0 Å². The van der Waals surface area contributed by atoms with E-state index in [1.807, 2.05) is 6.92 Å². The van der Waals surface area contributed by atoms with Crippen molar-refractivity contribution in [1.82, 2.24) is 0 Å². The summed E-state index contributed by atoms with van der Waals surface area (Å²) in [7, 11) is 0. The van der Waals surface area contributed by atoms with E-state index in [4.69, 9.17) is 0 Å². The first-order valence-corrected chi connectivity index (χ1v) is 3.57. The molecule has 12 heavy (non-hydrogen) atoms. The molecule has 0 fully saturated rings. The van der Waals surface area contributed by atoms with Gasteiger partial charge in [-0.3, -0.25) is 9.59 Å². The van der Waals surface area contributed by atoms with Crippen molar-refractivity contribution in [2.45, 2.75) is 13.3 Å². The van der Waals surface area contributed by atoms with E-state index in [9.17, 15) is 9.59 Å². The van der Waals surface area contributed by atoms with Gasteiger partial charge in [0.1, 0.15) is 6.61 Å². The van der Waals surface area contributed by atoms with Crippen molar-refractivity contribution < 1.29 is 19.1 Å². The molecule has 0 saturated heterocycles. The lowest BCUT2D eigenvalue weighted by molar-refractivity contribution is -0.128. The highest BCUT2D eigenvalue weighted by molar-refractivity contribution is 5.37. The van der Waals surface area contributed by atoms with Gasteiger partial charge in [0.15, 0.2) is 0 Å². The quantitative estimate of drug-likeness (QED) is 0.322. The van der Waals surface area contributed by atoms with Crippen molar-refractivity contribution in [1.29, 1.82) is 0 Å². The fraction of sp³-hybridized carbons (Fsp3) is 0.500. The minimum absolute atomic E-state index is 0.274. The van der Waals surface area contributed by atoms with Crippen LogP contribution in [-0.2, 0) is 19.1 Å². The Hall–Kier alpha value is -1.32. The Balaban J connectivity index is 3.41. The molecule has 4 nitrogen and oxygen atoms in total. The van der Waals surface area contributed by atoms with Crippen LogP contribution in [0.25, 0.3) is 0 Å². The maximum atomic E-state index is 9.73. The van der Waals surface area contributed by atoms with Gasteiger partial charge < -0.3 is 9.47 Å². The van der Waals surface area contributed by atoms with Crippen LogP contribution in [0.2, 0.25) is 0 Å². The molecule has 4 heteroatoms. The lowest BCUT2D eigenvalue weighted by Gasteiger charge is -1.99. The first-order chi connectivity index (χ1) is 5.81. The molecule has 0 saturated carbocycles. The predicted octanol–water partition coefficient (Wildman–Crippen LogP) is 0.669. The molecule has 0 aliphatic rings. The summed E-state index contributed by atoms with van der Waals surface area (Å²) < 4.78 is 8.92. The Morgan fingerprint density at radius 1 is 1.25 bits per heavy atom. The molecule has 0 aromatic rings. The van der Waals surface area contributed by atoms with Gasteiger partial charge in [-0.25, -0.2) is 0 Å². The number of rotatable bonds is 7. The Morgan fingerprint density at radius 3 is 2.50 bits per heavy atom. The minimum Gasteiger partial charge on any atom is -0.468 e. The molecular weight excluding hydrogens is 160 g/mol. The van der Waals surface area contributed by atoms with Crippen molar-refractivity contribution in [3.05, 3.63) is 11.6 Å². The zero-order valence-electron chi connectivity index (χ0n) is 6.99. The van der Waals surface area contributed by atoms with Crippen LogP contribution in [0.4, 0.5) is 0 Å². The van der Waals surface area contributed by atoms with Crippen molar-refractivity contribution in [2.24, 2.45) is 0 Å². The average Bonchev–Trinajstić information content (AvgIpc) is 2.06. The second-order valence-electron chi connectivity index (χ2n) is 2.20. The minimum atomic E-state index is 0.274. The van der Waals surface area contributed by atoms with E-state index in [0.717, 1.165) is 5.57 Å². The predicted molar refractivity (Wildman–Crippen MR) is 42.4 cm³/mol. The van der Waals surface area contributed by atoms with Crippen LogP contribution in [-0.4, -0.2) is 26.2 Å². The Labute approximate surface area is 71.2 Å². The van der Waals surface area contributed by atoms with E-state index in [0.29, 0.717) is 26.0 Å². The van der Waals surface area contributed by atoms with Crippen LogP contribution in [0.15, 0.2) is 11.6 Å². The van der Waals surface area contributed by atoms with Crippen LogP contribution < -0.4 is 0 Å². The molecule has 0 aromatic heterocycles. The molecule has 0 aromatic carbocycles. The second kappa shape index (κ2) is 7.78. The molecule has 0 unspecified atom stereocenters. The van der Waals surface area contributed by atoms with Gasteiger partial charge in [-0.1, -0.05) is 5.57 Å². The molecule has 0 spiro atoms. The lowest BCUT2D eigenvalue weighted by atomic mass is 10.2. The van der Waals surface area contributed by atoms with Crippen LogP contribution in [0, 0.1) is 0 Å². The summed E-state index contributed by atoms with van der Waals surface area (Å²) >= 11 is 0. The van der Waals surface area contributed by atoms with Gasteiger partial charge in [-0.2, -0.15) is 0 Å². The first kappa shape index (κ1) is 10.7. The summed E-state index contributed by atoms with van der Waals surface area (Å²) in [5, 5.41) is 0. The van der Waals surface area contributed by atoms with Gasteiger partial charge >= 0.3 is 0 Å². The highest BCUT2D eigenvalue weighted by Crippen LogP contribution is 1.98. The standard InChI is InChI=1S/C8H12O4/c1-8(2-4-11-6-9)3-5-12-7-10/h2,6-7H,3-5H2,1H3/b8-2+. The van der Waals surface area contributed by atoms with Gasteiger partial charge in [-0.05, 0) is 13.0 Å². The summed E-state index contributed by atoms with van der Waals surface area (Å²) in [5.41, 5.74) is 1.03. The monoisotopic (exact) mass is 172 g/mol. The first-order valence-electron chi connectivity index (χ1n) is 3.57. The Kier molecular flexibility index (Phi) is 6.93. The number of carbonyl (C=O) groups excluding carboxylic acids is 2. The third-order valence-corrected chi connectivity index (χ3v) is 1.28. The molecule has 0 amide bonds. The van der Waals surface area contributed by atoms with Crippen LogP contribution in [0.1, 0.15) is 13.3 Å². The molecule has 0 heterocycles. The average molecular weight is 172 g/mol. The Bertz CT molecular complexity index is 162. The maximum absolute atomic E-state index is 9.73. The van der Waals surface area contributed by atoms with E-state index in [-0.39, 0.29) is 6.61 Å². The lowest BCUT2D eigenvalue weighted by Crippen LogP contribution is -1.94. The highest BCUT2D eigenvalue weighted by Gasteiger charge is 1.89. The van der Waals surface area contributed by atoms with Gasteiger partial charge in [0, 0.05) is 6.42 Å². The third-order valence-electron chi connectivity index (χ3n) is 1.28. The SMILES string of the molecule is C/C(=C\COC=O)CCOC=O. The molecule has 0 aliphatic heterocycles. The van der Waals surface area contributed by atoms with Gasteiger partial charge in [-0.15, -0.1) is 0 Å². The molecule has 0 aliphatic carbocycles. The summed E-state index contributed by atoms with van der Waals surface area (Å²) in [6.45, 7) is 3.33. The van der Waals surface area contributed by atoms with Crippen molar-refractivity contribution in [3.63, 3.8) is 0 Å². The van der Waals surface area contributed by atoms with E-state index < -0.39 is 0 Å². The third kappa shape index (κ3) is 6.80. The molecular formula is C8H12O4. The van der Waals surface area contributed by atoms with Gasteiger partial charge in [0.05, 0.1) is 6.61 Å². The number of hydrogen-bond acceptors (Lipinski definition) is 4. The molecule has 0 bridgehead atoms. The maximum Gasteiger partial charge on any atom is 0.293 e. The van der Waals surface area contributed by atoms with Crippen molar-refractivity contribution in [3.8, 4) is 0 Å². The van der Waals surface area contributed by atoms with E-state index in [2.05, 4.69) is 9.47 Å². The van der Waals surface area contributed by atoms with E-state index >= 15 is 0 Å². The highest BCUT2D eigenvalue weighted by atomic mass is 16.5. The van der Waals surface area contributed by atoms with Crippen molar-refractivity contribution >= 4 is 12.9 Å².